The summed E-state index contributed by atoms with van der Waals surface area (Å²) in [5.74, 6) is 0. The van der Waals surface area contributed by atoms with Crippen LogP contribution in [0.1, 0.15) is 17.5 Å². The summed E-state index contributed by atoms with van der Waals surface area (Å²) in [4.78, 5) is 9.20. The Morgan fingerprint density at radius 1 is 1.21 bits per heavy atom. The first-order valence-electron chi connectivity index (χ1n) is 8.78. The number of aryl methyl sites for hydroxylation is 1. The van der Waals surface area contributed by atoms with Crippen molar-refractivity contribution in [1.82, 2.24) is 24.6 Å². The molecule has 2 fully saturated rings. The Morgan fingerprint density at radius 2 is 2.08 bits per heavy atom. The maximum Gasteiger partial charge on any atom is 0.138 e. The second-order valence-electron chi connectivity index (χ2n) is 6.79. The van der Waals surface area contributed by atoms with Crippen LogP contribution in [0, 0.1) is 6.92 Å². The van der Waals surface area contributed by atoms with Gasteiger partial charge >= 0.3 is 0 Å². The van der Waals surface area contributed by atoms with Crippen LogP contribution in [0.4, 0.5) is 0 Å². The maximum atomic E-state index is 5.47. The molecule has 2 saturated heterocycles. The summed E-state index contributed by atoms with van der Waals surface area (Å²) in [6.07, 6.45) is 4.59. The zero-order valence-corrected chi connectivity index (χ0v) is 14.3. The van der Waals surface area contributed by atoms with Gasteiger partial charge in [-0.3, -0.25) is 9.80 Å². The van der Waals surface area contributed by atoms with Gasteiger partial charge in [0, 0.05) is 38.8 Å². The quantitative estimate of drug-likeness (QED) is 0.851. The molecule has 128 valence electrons. The first-order chi connectivity index (χ1) is 11.8. The number of likely N-dealkylation sites (tertiary alicyclic amines) is 1. The van der Waals surface area contributed by atoms with Gasteiger partial charge in [0.2, 0.25) is 0 Å². The summed E-state index contributed by atoms with van der Waals surface area (Å²) in [5, 5.41) is 4.22. The molecule has 0 aliphatic carbocycles. The topological polar surface area (TPSA) is 46.4 Å². The number of hydrogen-bond donors (Lipinski definition) is 0. The smallest absolute Gasteiger partial charge is 0.138 e. The van der Waals surface area contributed by atoms with Gasteiger partial charge in [-0.05, 0) is 30.5 Å². The first kappa shape index (κ1) is 15.7. The second kappa shape index (κ2) is 7.01. The minimum absolute atomic E-state index is 0.699. The van der Waals surface area contributed by atoms with Gasteiger partial charge in [0.1, 0.15) is 12.7 Å². The average Bonchev–Trinajstić information content (AvgIpc) is 3.28. The van der Waals surface area contributed by atoms with E-state index in [0.29, 0.717) is 6.04 Å². The van der Waals surface area contributed by atoms with Crippen molar-refractivity contribution in [3.63, 3.8) is 0 Å². The number of ether oxygens (including phenoxy) is 1. The van der Waals surface area contributed by atoms with E-state index in [4.69, 9.17) is 4.74 Å². The van der Waals surface area contributed by atoms with Crippen LogP contribution in [0.25, 0.3) is 5.69 Å². The van der Waals surface area contributed by atoms with Gasteiger partial charge in [0.15, 0.2) is 0 Å². The van der Waals surface area contributed by atoms with Gasteiger partial charge in [-0.1, -0.05) is 12.1 Å². The van der Waals surface area contributed by atoms with Crippen molar-refractivity contribution in [2.45, 2.75) is 25.9 Å². The number of benzene rings is 1. The van der Waals surface area contributed by atoms with Crippen LogP contribution in [0.5, 0.6) is 0 Å². The summed E-state index contributed by atoms with van der Waals surface area (Å²) >= 11 is 0. The van der Waals surface area contributed by atoms with Crippen LogP contribution in [0.2, 0.25) is 0 Å². The third kappa shape index (κ3) is 3.36. The lowest BCUT2D eigenvalue weighted by Gasteiger charge is -2.32. The molecule has 1 aromatic carbocycles. The van der Waals surface area contributed by atoms with Gasteiger partial charge in [-0.2, -0.15) is 5.10 Å². The molecule has 4 rings (SSSR count). The molecule has 24 heavy (non-hydrogen) atoms. The molecule has 0 bridgehead atoms. The van der Waals surface area contributed by atoms with Crippen molar-refractivity contribution < 1.29 is 4.74 Å². The van der Waals surface area contributed by atoms with Gasteiger partial charge in [-0.25, -0.2) is 9.67 Å². The molecular weight excluding hydrogens is 302 g/mol. The average molecular weight is 327 g/mol. The fourth-order valence-corrected chi connectivity index (χ4v) is 3.86. The molecule has 2 aliphatic heterocycles. The van der Waals surface area contributed by atoms with Crippen LogP contribution >= 0.6 is 0 Å². The number of rotatable bonds is 4. The molecular formula is C18H25N5O. The van der Waals surface area contributed by atoms with Gasteiger partial charge in [0.25, 0.3) is 0 Å². The van der Waals surface area contributed by atoms with E-state index in [2.05, 4.69) is 45.0 Å². The summed E-state index contributed by atoms with van der Waals surface area (Å²) in [6, 6.07) is 7.34. The highest BCUT2D eigenvalue weighted by atomic mass is 16.5. The zero-order chi connectivity index (χ0) is 16.4. The summed E-state index contributed by atoms with van der Waals surface area (Å²) in [6.45, 7) is 9.48. The summed E-state index contributed by atoms with van der Waals surface area (Å²) < 4.78 is 7.29. The lowest BCUT2D eigenvalue weighted by atomic mass is 10.1. The van der Waals surface area contributed by atoms with E-state index in [1.165, 1.54) is 30.6 Å². The predicted octanol–water partition coefficient (Wildman–Crippen LogP) is 1.48. The number of morpholine rings is 1. The minimum Gasteiger partial charge on any atom is -0.379 e. The molecule has 3 heterocycles. The zero-order valence-electron chi connectivity index (χ0n) is 14.3. The SMILES string of the molecule is Cc1cc(CN2CCC(N3CCOCC3)C2)ccc1-n1cncn1. The van der Waals surface area contributed by atoms with Crippen molar-refractivity contribution in [3.05, 3.63) is 42.0 Å². The summed E-state index contributed by atoms with van der Waals surface area (Å²) in [7, 11) is 0. The maximum absolute atomic E-state index is 5.47. The molecule has 2 aromatic rings. The standard InChI is InChI=1S/C18H25N5O/c1-15-10-16(2-3-18(15)23-14-19-13-20-23)11-21-5-4-17(12-21)22-6-8-24-9-7-22/h2-3,10,13-14,17H,4-9,11-12H2,1H3. The Morgan fingerprint density at radius 3 is 2.83 bits per heavy atom. The molecule has 1 aromatic heterocycles. The minimum atomic E-state index is 0.699. The van der Waals surface area contributed by atoms with E-state index in [0.717, 1.165) is 38.5 Å². The number of hydrogen-bond acceptors (Lipinski definition) is 5. The van der Waals surface area contributed by atoms with Crippen molar-refractivity contribution >= 4 is 0 Å². The highest BCUT2D eigenvalue weighted by Gasteiger charge is 2.28. The van der Waals surface area contributed by atoms with E-state index >= 15 is 0 Å². The van der Waals surface area contributed by atoms with E-state index in [9.17, 15) is 0 Å². The Labute approximate surface area is 143 Å². The lowest BCUT2D eigenvalue weighted by Crippen LogP contribution is -2.44. The van der Waals surface area contributed by atoms with Crippen LogP contribution in [-0.4, -0.2) is 70.0 Å². The fraction of sp³-hybridized carbons (Fsp3) is 0.556. The van der Waals surface area contributed by atoms with Gasteiger partial charge < -0.3 is 4.74 Å². The number of nitrogens with zero attached hydrogens (tertiary/aromatic N) is 5. The van der Waals surface area contributed by atoms with Crippen LogP contribution in [0.3, 0.4) is 0 Å². The van der Waals surface area contributed by atoms with E-state index in [-0.39, 0.29) is 0 Å². The Hall–Kier alpha value is -1.76. The molecule has 0 radical (unpaired) electrons. The molecule has 1 atom stereocenters. The third-order valence-corrected chi connectivity index (χ3v) is 5.14. The molecule has 6 nitrogen and oxygen atoms in total. The van der Waals surface area contributed by atoms with Crippen molar-refractivity contribution in [2.75, 3.05) is 39.4 Å². The largest absolute Gasteiger partial charge is 0.379 e. The fourth-order valence-electron chi connectivity index (χ4n) is 3.86. The van der Waals surface area contributed by atoms with Crippen LogP contribution in [-0.2, 0) is 11.3 Å². The summed E-state index contributed by atoms with van der Waals surface area (Å²) in [5.41, 5.74) is 3.71. The third-order valence-electron chi connectivity index (χ3n) is 5.14. The van der Waals surface area contributed by atoms with Crippen LogP contribution in [0.15, 0.2) is 30.9 Å². The first-order valence-corrected chi connectivity index (χ1v) is 8.78. The molecule has 2 aliphatic rings. The van der Waals surface area contributed by atoms with E-state index < -0.39 is 0 Å². The highest BCUT2D eigenvalue weighted by molar-refractivity contribution is 5.41. The molecule has 1 unspecified atom stereocenters. The van der Waals surface area contributed by atoms with Crippen LogP contribution < -0.4 is 0 Å². The normalized spacial score (nSPS) is 23.0. The Balaban J connectivity index is 1.38. The van der Waals surface area contributed by atoms with Crippen molar-refractivity contribution in [1.29, 1.82) is 0 Å². The van der Waals surface area contributed by atoms with Gasteiger partial charge in [0.05, 0.1) is 18.9 Å². The van der Waals surface area contributed by atoms with Gasteiger partial charge in [-0.15, -0.1) is 0 Å². The van der Waals surface area contributed by atoms with E-state index in [1.54, 1.807) is 12.7 Å². The number of aromatic nitrogens is 3. The molecule has 6 heteroatoms. The van der Waals surface area contributed by atoms with Crippen molar-refractivity contribution in [3.8, 4) is 5.69 Å². The Bertz CT molecular complexity index is 666. The van der Waals surface area contributed by atoms with Crippen molar-refractivity contribution in [2.24, 2.45) is 0 Å². The second-order valence-corrected chi connectivity index (χ2v) is 6.79. The monoisotopic (exact) mass is 327 g/mol. The van der Waals surface area contributed by atoms with E-state index in [1.807, 2.05) is 4.68 Å². The molecule has 0 amide bonds. The Kier molecular flexibility index (Phi) is 4.60. The molecule has 0 saturated carbocycles. The lowest BCUT2D eigenvalue weighted by molar-refractivity contribution is 0.0184. The molecule has 0 spiro atoms. The predicted molar refractivity (Wildman–Crippen MR) is 92.2 cm³/mol. The molecule has 0 N–H and O–H groups in total. The highest BCUT2D eigenvalue weighted by Crippen LogP contribution is 2.21.